The van der Waals surface area contributed by atoms with E-state index >= 15 is 0 Å². The summed E-state index contributed by atoms with van der Waals surface area (Å²) in [4.78, 5) is 12.5. The molecular weight excluding hydrogens is 355 g/mol. The second kappa shape index (κ2) is 6.24. The molecule has 5 fully saturated rings. The van der Waals surface area contributed by atoms with Crippen molar-refractivity contribution in [3.63, 3.8) is 0 Å². The van der Waals surface area contributed by atoms with Crippen LogP contribution in [0.2, 0.25) is 0 Å². The molecule has 0 aromatic carbocycles. The van der Waals surface area contributed by atoms with Crippen molar-refractivity contribution in [2.45, 2.75) is 76.0 Å². The van der Waals surface area contributed by atoms with Gasteiger partial charge in [0.05, 0.1) is 0 Å². The average Bonchev–Trinajstić information content (AvgIpc) is 3.33. The molecule has 0 spiro atoms. The Morgan fingerprint density at radius 2 is 1.74 bits per heavy atom. The molecule has 4 nitrogen and oxygen atoms in total. The zero-order valence-electron chi connectivity index (χ0n) is 15.3. The van der Waals surface area contributed by atoms with Crippen LogP contribution in [0.3, 0.4) is 0 Å². The Kier molecular flexibility index (Phi) is 4.06. The van der Waals surface area contributed by atoms with E-state index in [1.165, 1.54) is 36.8 Å². The lowest BCUT2D eigenvalue weighted by atomic mass is 9.54. The van der Waals surface area contributed by atoms with Gasteiger partial charge in [0.25, 0.3) is 0 Å². The summed E-state index contributed by atoms with van der Waals surface area (Å²) in [6.45, 7) is 0.223. The smallest absolute Gasteiger partial charge is 0.353 e. The van der Waals surface area contributed by atoms with Gasteiger partial charge in [-0.1, -0.05) is 0 Å². The van der Waals surface area contributed by atoms with Gasteiger partial charge in [-0.2, -0.15) is 18.3 Å². The van der Waals surface area contributed by atoms with Crippen molar-refractivity contribution >= 4 is 5.91 Å². The highest BCUT2D eigenvalue weighted by Crippen LogP contribution is 2.53. The highest BCUT2D eigenvalue weighted by atomic mass is 19.4. The third kappa shape index (κ3) is 3.38. The van der Waals surface area contributed by atoms with Crippen molar-refractivity contribution in [1.29, 1.82) is 0 Å². The standard InChI is InChI=1S/C20H26F3N3O/c21-20(22,23)17-10-16(13-1-2-13)26(25-17)4-3-18(27)24-19-14-6-11-5-12(8-14)9-15(19)7-11/h10-15,19H,1-9H2,(H,24,27). The number of aromatic nitrogens is 2. The maximum absolute atomic E-state index is 13.0. The Morgan fingerprint density at radius 1 is 1.11 bits per heavy atom. The van der Waals surface area contributed by atoms with Gasteiger partial charge in [-0.25, -0.2) is 0 Å². The minimum Gasteiger partial charge on any atom is -0.353 e. The first-order chi connectivity index (χ1) is 12.9. The molecule has 1 N–H and O–H groups in total. The predicted molar refractivity (Wildman–Crippen MR) is 92.8 cm³/mol. The minimum atomic E-state index is -4.43. The van der Waals surface area contributed by atoms with Gasteiger partial charge in [-0.15, -0.1) is 0 Å². The van der Waals surface area contributed by atoms with Gasteiger partial charge in [0, 0.05) is 30.6 Å². The molecule has 1 aromatic rings. The zero-order valence-corrected chi connectivity index (χ0v) is 15.3. The Morgan fingerprint density at radius 3 is 2.30 bits per heavy atom. The molecule has 0 radical (unpaired) electrons. The van der Waals surface area contributed by atoms with Gasteiger partial charge in [0.2, 0.25) is 5.91 Å². The van der Waals surface area contributed by atoms with E-state index in [4.69, 9.17) is 0 Å². The first-order valence-corrected chi connectivity index (χ1v) is 10.3. The molecule has 5 aliphatic carbocycles. The molecule has 0 saturated heterocycles. The number of carbonyl (C=O) groups is 1. The monoisotopic (exact) mass is 381 g/mol. The summed E-state index contributed by atoms with van der Waals surface area (Å²) in [5.41, 5.74) is -0.212. The van der Waals surface area contributed by atoms with Crippen LogP contribution >= 0.6 is 0 Å². The van der Waals surface area contributed by atoms with Crippen LogP contribution in [0.1, 0.15) is 68.7 Å². The van der Waals surface area contributed by atoms with Gasteiger partial charge in [-0.3, -0.25) is 9.48 Å². The van der Waals surface area contributed by atoms with E-state index in [0.717, 1.165) is 30.7 Å². The van der Waals surface area contributed by atoms with E-state index < -0.39 is 11.9 Å². The zero-order chi connectivity index (χ0) is 18.8. The summed E-state index contributed by atoms with van der Waals surface area (Å²) in [5, 5.41) is 6.98. The molecule has 1 heterocycles. The first-order valence-electron chi connectivity index (χ1n) is 10.3. The Labute approximate surface area is 156 Å². The van der Waals surface area contributed by atoms with Crippen LogP contribution in [-0.2, 0) is 17.5 Å². The molecule has 4 bridgehead atoms. The van der Waals surface area contributed by atoms with Crippen LogP contribution in [0.5, 0.6) is 0 Å². The summed E-state index contributed by atoms with van der Waals surface area (Å²) in [6, 6.07) is 1.43. The van der Waals surface area contributed by atoms with Crippen LogP contribution < -0.4 is 5.32 Å². The van der Waals surface area contributed by atoms with Crippen LogP contribution in [0.4, 0.5) is 13.2 Å². The lowest BCUT2D eigenvalue weighted by Gasteiger charge is -2.54. The number of halogens is 3. The average molecular weight is 381 g/mol. The van der Waals surface area contributed by atoms with Gasteiger partial charge < -0.3 is 5.32 Å². The Balaban J connectivity index is 1.22. The number of rotatable bonds is 5. The number of aryl methyl sites for hydroxylation is 1. The molecule has 1 aromatic heterocycles. The summed E-state index contributed by atoms with van der Waals surface area (Å²) in [6.07, 6.45) is 3.88. The fourth-order valence-corrected chi connectivity index (χ4v) is 6.08. The summed E-state index contributed by atoms with van der Waals surface area (Å²) < 4.78 is 40.4. The fourth-order valence-electron chi connectivity index (χ4n) is 6.08. The molecule has 27 heavy (non-hydrogen) atoms. The molecule has 148 valence electrons. The maximum Gasteiger partial charge on any atom is 0.435 e. The van der Waals surface area contributed by atoms with E-state index in [1.54, 1.807) is 0 Å². The Bertz CT molecular complexity index is 709. The van der Waals surface area contributed by atoms with Crippen molar-refractivity contribution in [3.05, 3.63) is 17.5 Å². The number of hydrogen-bond donors (Lipinski definition) is 1. The third-order valence-electron chi connectivity index (χ3n) is 7.20. The normalized spacial score (nSPS) is 34.9. The molecular formula is C20H26F3N3O. The predicted octanol–water partition coefficient (Wildman–Crippen LogP) is 4.11. The van der Waals surface area contributed by atoms with Gasteiger partial charge in [0.15, 0.2) is 5.69 Å². The molecule has 1 amide bonds. The van der Waals surface area contributed by atoms with Gasteiger partial charge in [0.1, 0.15) is 0 Å². The van der Waals surface area contributed by atoms with Crippen molar-refractivity contribution in [2.75, 3.05) is 0 Å². The van der Waals surface area contributed by atoms with Crippen LogP contribution in [-0.4, -0.2) is 21.7 Å². The van der Waals surface area contributed by atoms with Crippen molar-refractivity contribution in [2.24, 2.45) is 23.7 Å². The van der Waals surface area contributed by atoms with Gasteiger partial charge >= 0.3 is 6.18 Å². The highest BCUT2D eigenvalue weighted by Gasteiger charge is 2.48. The number of hydrogen-bond acceptors (Lipinski definition) is 2. The summed E-state index contributed by atoms with van der Waals surface area (Å²) >= 11 is 0. The highest BCUT2D eigenvalue weighted by molar-refractivity contribution is 5.76. The SMILES string of the molecule is O=C(CCn1nc(C(F)(F)F)cc1C1CC1)NC1C2CC3CC(C2)CC1C3. The minimum absolute atomic E-state index is 0.0433. The van der Waals surface area contributed by atoms with Crippen LogP contribution in [0.15, 0.2) is 6.07 Å². The molecule has 6 rings (SSSR count). The largest absolute Gasteiger partial charge is 0.435 e. The number of alkyl halides is 3. The van der Waals surface area contributed by atoms with Crippen molar-refractivity contribution in [1.82, 2.24) is 15.1 Å². The number of nitrogens with one attached hydrogen (secondary N) is 1. The molecule has 5 saturated carbocycles. The van der Waals surface area contributed by atoms with Crippen LogP contribution in [0.25, 0.3) is 0 Å². The van der Waals surface area contributed by atoms with E-state index in [9.17, 15) is 18.0 Å². The van der Waals surface area contributed by atoms with Crippen LogP contribution in [0, 0.1) is 23.7 Å². The molecule has 0 atom stereocenters. The van der Waals surface area contributed by atoms with Crippen molar-refractivity contribution < 1.29 is 18.0 Å². The summed E-state index contributed by atoms with van der Waals surface area (Å²) in [7, 11) is 0. The maximum atomic E-state index is 13.0. The molecule has 0 aliphatic heterocycles. The van der Waals surface area contributed by atoms with E-state index in [2.05, 4.69) is 10.4 Å². The van der Waals surface area contributed by atoms with E-state index in [0.29, 0.717) is 17.5 Å². The second-order valence-electron chi connectivity index (χ2n) is 9.22. The topological polar surface area (TPSA) is 46.9 Å². The van der Waals surface area contributed by atoms with E-state index in [1.807, 2.05) is 0 Å². The number of amides is 1. The quantitative estimate of drug-likeness (QED) is 0.834. The summed E-state index contributed by atoms with van der Waals surface area (Å²) in [5.74, 6) is 3.04. The fraction of sp³-hybridized carbons (Fsp3) is 0.800. The second-order valence-corrected chi connectivity index (χ2v) is 9.22. The van der Waals surface area contributed by atoms with E-state index in [-0.39, 0.29) is 30.8 Å². The third-order valence-corrected chi connectivity index (χ3v) is 7.20. The molecule has 0 unspecified atom stereocenters. The molecule has 5 aliphatic rings. The lowest BCUT2D eigenvalue weighted by molar-refractivity contribution is -0.141. The Hall–Kier alpha value is -1.53. The number of carbonyl (C=O) groups excluding carboxylic acids is 1. The molecule has 7 heteroatoms. The first kappa shape index (κ1) is 17.6. The van der Waals surface area contributed by atoms with Crippen molar-refractivity contribution in [3.8, 4) is 0 Å². The lowest BCUT2D eigenvalue weighted by Crippen LogP contribution is -2.55. The van der Waals surface area contributed by atoms with Gasteiger partial charge in [-0.05, 0) is 74.7 Å². The number of nitrogens with zero attached hydrogens (tertiary/aromatic N) is 2.